The van der Waals surface area contributed by atoms with E-state index in [1.165, 1.54) is 19.2 Å². The van der Waals surface area contributed by atoms with Gasteiger partial charge < -0.3 is 15.4 Å². The van der Waals surface area contributed by atoms with E-state index < -0.39 is 15.6 Å². The summed E-state index contributed by atoms with van der Waals surface area (Å²) in [5, 5.41) is 6.00. The Balaban J connectivity index is 0.00000338. The summed E-state index contributed by atoms with van der Waals surface area (Å²) in [6.45, 7) is 5.12. The molecule has 0 aliphatic carbocycles. The monoisotopic (exact) mass is 405 g/mol. The number of anilines is 1. The number of carbonyl (C=O) groups is 1. The first-order valence-electron chi connectivity index (χ1n) is 8.53. The SMILES string of the molecule is CCC(C)NS(=O)(=O)c1cccc(NC(=O)C2(OC)CCNCC2)c1.Cl. The molecule has 148 valence electrons. The highest BCUT2D eigenvalue weighted by molar-refractivity contribution is 7.89. The van der Waals surface area contributed by atoms with Crippen LogP contribution in [0.25, 0.3) is 0 Å². The van der Waals surface area contributed by atoms with Gasteiger partial charge in [0.1, 0.15) is 5.60 Å². The van der Waals surface area contributed by atoms with Gasteiger partial charge in [0.25, 0.3) is 5.91 Å². The lowest BCUT2D eigenvalue weighted by Crippen LogP contribution is -2.51. The molecule has 1 aliphatic rings. The van der Waals surface area contributed by atoms with Gasteiger partial charge in [-0.15, -0.1) is 12.4 Å². The molecular formula is C17H28ClN3O4S. The number of sulfonamides is 1. The van der Waals surface area contributed by atoms with E-state index in [0.29, 0.717) is 38.0 Å². The van der Waals surface area contributed by atoms with Gasteiger partial charge in [-0.05, 0) is 57.5 Å². The minimum atomic E-state index is -3.62. The first-order chi connectivity index (χ1) is 11.8. The lowest BCUT2D eigenvalue weighted by atomic mass is 9.91. The highest BCUT2D eigenvalue weighted by Gasteiger charge is 2.39. The van der Waals surface area contributed by atoms with Gasteiger partial charge in [0.15, 0.2) is 0 Å². The zero-order valence-electron chi connectivity index (χ0n) is 15.4. The van der Waals surface area contributed by atoms with Crippen molar-refractivity contribution in [3.05, 3.63) is 24.3 Å². The Labute approximate surface area is 161 Å². The first kappa shape index (κ1) is 22.9. The fourth-order valence-electron chi connectivity index (χ4n) is 2.76. The van der Waals surface area contributed by atoms with E-state index in [9.17, 15) is 13.2 Å². The number of benzene rings is 1. The normalized spacial score (nSPS) is 17.8. The van der Waals surface area contributed by atoms with Gasteiger partial charge in [0, 0.05) is 18.8 Å². The van der Waals surface area contributed by atoms with Crippen LogP contribution < -0.4 is 15.4 Å². The lowest BCUT2D eigenvalue weighted by molar-refractivity contribution is -0.140. The third kappa shape index (κ3) is 5.40. The number of piperidine rings is 1. The van der Waals surface area contributed by atoms with Crippen molar-refractivity contribution in [1.29, 1.82) is 0 Å². The second kappa shape index (κ2) is 9.66. The molecule has 1 aromatic carbocycles. The Hall–Kier alpha value is -1.19. The Bertz CT molecular complexity index is 706. The quantitative estimate of drug-likeness (QED) is 0.643. The van der Waals surface area contributed by atoms with E-state index in [0.717, 1.165) is 0 Å². The molecule has 1 aliphatic heterocycles. The van der Waals surface area contributed by atoms with E-state index in [4.69, 9.17) is 4.74 Å². The molecule has 1 saturated heterocycles. The van der Waals surface area contributed by atoms with Crippen LogP contribution in [0.15, 0.2) is 29.2 Å². The van der Waals surface area contributed by atoms with Crippen molar-refractivity contribution < 1.29 is 17.9 Å². The smallest absolute Gasteiger partial charge is 0.256 e. The van der Waals surface area contributed by atoms with Crippen LogP contribution >= 0.6 is 12.4 Å². The molecule has 1 amide bonds. The predicted molar refractivity (Wildman–Crippen MR) is 104 cm³/mol. The summed E-state index contributed by atoms with van der Waals surface area (Å²) in [5.41, 5.74) is -0.443. The predicted octanol–water partition coefficient (Wildman–Crippen LogP) is 1.89. The number of methoxy groups -OCH3 is 1. The average Bonchev–Trinajstić information content (AvgIpc) is 2.62. The van der Waals surface area contributed by atoms with Crippen molar-refractivity contribution in [2.45, 2.75) is 49.6 Å². The average molecular weight is 406 g/mol. The molecule has 0 radical (unpaired) electrons. The van der Waals surface area contributed by atoms with Crippen LogP contribution in [0, 0.1) is 0 Å². The van der Waals surface area contributed by atoms with Gasteiger partial charge in [-0.25, -0.2) is 13.1 Å². The van der Waals surface area contributed by atoms with Gasteiger partial charge in [0.2, 0.25) is 10.0 Å². The summed E-state index contributed by atoms with van der Waals surface area (Å²) >= 11 is 0. The number of carbonyl (C=O) groups excluding carboxylic acids is 1. The third-order valence-electron chi connectivity index (χ3n) is 4.59. The first-order valence-corrected chi connectivity index (χ1v) is 10.0. The number of nitrogens with one attached hydrogen (secondary N) is 3. The number of rotatable bonds is 7. The summed E-state index contributed by atoms with van der Waals surface area (Å²) < 4.78 is 32.9. The lowest BCUT2D eigenvalue weighted by Gasteiger charge is -2.34. The van der Waals surface area contributed by atoms with Gasteiger partial charge >= 0.3 is 0 Å². The van der Waals surface area contributed by atoms with Gasteiger partial charge in [0.05, 0.1) is 4.90 Å². The largest absolute Gasteiger partial charge is 0.368 e. The molecule has 9 heteroatoms. The van der Waals surface area contributed by atoms with Crippen molar-refractivity contribution in [2.24, 2.45) is 0 Å². The van der Waals surface area contributed by atoms with Crippen molar-refractivity contribution in [3.63, 3.8) is 0 Å². The molecule has 2 rings (SSSR count). The molecule has 0 saturated carbocycles. The highest BCUT2D eigenvalue weighted by Crippen LogP contribution is 2.25. The minimum absolute atomic E-state index is 0. The molecule has 1 heterocycles. The molecule has 1 fully saturated rings. The molecular weight excluding hydrogens is 378 g/mol. The summed E-state index contributed by atoms with van der Waals surface area (Å²) in [7, 11) is -2.09. The molecule has 1 aromatic rings. The minimum Gasteiger partial charge on any atom is -0.368 e. The number of hydrogen-bond donors (Lipinski definition) is 3. The van der Waals surface area contributed by atoms with Crippen LogP contribution in [0.4, 0.5) is 5.69 Å². The number of amides is 1. The second-order valence-corrected chi connectivity index (χ2v) is 8.07. The van der Waals surface area contributed by atoms with Crippen LogP contribution in [-0.2, 0) is 19.6 Å². The summed E-state index contributed by atoms with van der Waals surface area (Å²) in [6, 6.07) is 6.10. The maximum absolute atomic E-state index is 12.7. The van der Waals surface area contributed by atoms with Crippen LogP contribution in [0.1, 0.15) is 33.1 Å². The van der Waals surface area contributed by atoms with E-state index in [2.05, 4.69) is 15.4 Å². The Kier molecular flexibility index (Phi) is 8.49. The van der Waals surface area contributed by atoms with E-state index >= 15 is 0 Å². The van der Waals surface area contributed by atoms with Crippen molar-refractivity contribution >= 4 is 34.0 Å². The van der Waals surface area contributed by atoms with Crippen LogP contribution in [-0.4, -0.2) is 46.2 Å². The maximum atomic E-state index is 12.7. The fourth-order valence-corrected chi connectivity index (χ4v) is 4.13. The van der Waals surface area contributed by atoms with Crippen LogP contribution in [0.2, 0.25) is 0 Å². The van der Waals surface area contributed by atoms with Crippen molar-refractivity contribution in [2.75, 3.05) is 25.5 Å². The van der Waals surface area contributed by atoms with Gasteiger partial charge in [-0.2, -0.15) is 0 Å². The fraction of sp³-hybridized carbons (Fsp3) is 0.588. The Morgan fingerprint density at radius 1 is 1.35 bits per heavy atom. The number of hydrogen-bond acceptors (Lipinski definition) is 5. The zero-order valence-corrected chi connectivity index (χ0v) is 17.0. The number of ether oxygens (including phenoxy) is 1. The van der Waals surface area contributed by atoms with Gasteiger partial charge in [-0.3, -0.25) is 4.79 Å². The van der Waals surface area contributed by atoms with E-state index in [1.54, 1.807) is 12.1 Å². The molecule has 0 spiro atoms. The molecule has 3 N–H and O–H groups in total. The van der Waals surface area contributed by atoms with Crippen molar-refractivity contribution in [1.82, 2.24) is 10.0 Å². The molecule has 0 bridgehead atoms. The standard InChI is InChI=1S/C17H27N3O4S.ClH/c1-4-13(2)20-25(22,23)15-7-5-6-14(12-15)19-16(21)17(24-3)8-10-18-11-9-17;/h5-7,12-13,18,20H,4,8-11H2,1-3H3,(H,19,21);1H. The Morgan fingerprint density at radius 2 is 2.00 bits per heavy atom. The summed E-state index contributed by atoms with van der Waals surface area (Å²) in [6.07, 6.45) is 1.84. The maximum Gasteiger partial charge on any atom is 0.256 e. The molecule has 26 heavy (non-hydrogen) atoms. The molecule has 7 nitrogen and oxygen atoms in total. The molecule has 0 aromatic heterocycles. The molecule has 1 unspecified atom stereocenters. The topological polar surface area (TPSA) is 96.5 Å². The summed E-state index contributed by atoms with van der Waals surface area (Å²) in [4.78, 5) is 12.8. The number of halogens is 1. The Morgan fingerprint density at radius 3 is 2.58 bits per heavy atom. The summed E-state index contributed by atoms with van der Waals surface area (Å²) in [5.74, 6) is -0.249. The highest BCUT2D eigenvalue weighted by atomic mass is 35.5. The van der Waals surface area contributed by atoms with Crippen molar-refractivity contribution in [3.8, 4) is 0 Å². The van der Waals surface area contributed by atoms with Gasteiger partial charge in [-0.1, -0.05) is 13.0 Å². The third-order valence-corrected chi connectivity index (χ3v) is 6.17. The molecule has 1 atom stereocenters. The van der Waals surface area contributed by atoms with E-state index in [-0.39, 0.29) is 29.3 Å². The van der Waals surface area contributed by atoms with Crippen LogP contribution in [0.5, 0.6) is 0 Å². The van der Waals surface area contributed by atoms with Crippen LogP contribution in [0.3, 0.4) is 0 Å². The second-order valence-electron chi connectivity index (χ2n) is 6.36. The zero-order chi connectivity index (χ0) is 18.5. The van der Waals surface area contributed by atoms with E-state index in [1.807, 2.05) is 13.8 Å².